The summed E-state index contributed by atoms with van der Waals surface area (Å²) >= 11 is 0. The average Bonchev–Trinajstić information content (AvgIpc) is 2.79. The van der Waals surface area contributed by atoms with Crippen LogP contribution in [0.4, 0.5) is 5.69 Å². The van der Waals surface area contributed by atoms with Crippen LogP contribution in [-0.4, -0.2) is 39.2 Å². The van der Waals surface area contributed by atoms with E-state index in [1.54, 1.807) is 13.2 Å². The lowest BCUT2D eigenvalue weighted by Crippen LogP contribution is -2.42. The maximum atomic E-state index is 12.5. The van der Waals surface area contributed by atoms with Crippen LogP contribution in [0.2, 0.25) is 0 Å². The molecular formula is C24H28N2O6. The van der Waals surface area contributed by atoms with E-state index in [1.807, 2.05) is 49.2 Å². The molecule has 2 aromatic rings. The Morgan fingerprint density at radius 1 is 1.19 bits per heavy atom. The maximum Gasteiger partial charge on any atom is 0.338 e. The minimum atomic E-state index is -0.426. The summed E-state index contributed by atoms with van der Waals surface area (Å²) in [5.74, 6) is -0.117. The van der Waals surface area contributed by atoms with Crippen molar-refractivity contribution in [3.05, 3.63) is 64.4 Å². The van der Waals surface area contributed by atoms with Crippen LogP contribution < -0.4 is 15.8 Å². The van der Waals surface area contributed by atoms with E-state index in [0.717, 1.165) is 11.1 Å². The van der Waals surface area contributed by atoms with E-state index in [-0.39, 0.29) is 36.7 Å². The molecule has 1 aromatic carbocycles. The van der Waals surface area contributed by atoms with Gasteiger partial charge in [-0.15, -0.1) is 0 Å². The number of likely N-dealkylation sites (N-methyl/N-ethyl adjacent to an activating group) is 1. The van der Waals surface area contributed by atoms with Gasteiger partial charge in [-0.05, 0) is 24.6 Å². The van der Waals surface area contributed by atoms with Gasteiger partial charge in [0, 0.05) is 37.3 Å². The molecule has 3 rings (SSSR count). The highest BCUT2D eigenvalue weighted by Gasteiger charge is 2.30. The molecule has 2 atom stereocenters. The van der Waals surface area contributed by atoms with Crippen molar-refractivity contribution in [2.45, 2.75) is 32.2 Å². The molecule has 1 aromatic heterocycles. The van der Waals surface area contributed by atoms with E-state index in [2.05, 4.69) is 10.1 Å². The normalized spacial score (nSPS) is 17.9. The average molecular weight is 440 g/mol. The molecule has 1 amide bonds. The number of carbonyl (C=O) groups is 2. The van der Waals surface area contributed by atoms with Gasteiger partial charge in [-0.3, -0.25) is 9.59 Å². The number of fused-ring (bicyclic) bond motifs is 1. The summed E-state index contributed by atoms with van der Waals surface area (Å²) in [5.41, 5.74) is 1.48. The molecule has 0 radical (unpaired) electrons. The summed E-state index contributed by atoms with van der Waals surface area (Å²) < 4.78 is 15.4. The highest BCUT2D eigenvalue weighted by molar-refractivity contribution is 5.90. The summed E-state index contributed by atoms with van der Waals surface area (Å²) in [6.07, 6.45) is 4.58. The molecule has 0 fully saturated rings. The van der Waals surface area contributed by atoms with Gasteiger partial charge in [-0.2, -0.15) is 0 Å². The molecule has 1 N–H and O–H groups in total. The minimum absolute atomic E-state index is 0.143. The Labute approximate surface area is 186 Å². The largest absolute Gasteiger partial charge is 0.495 e. The number of allylic oxidation sites excluding steroid dienone is 1. The zero-order valence-electron chi connectivity index (χ0n) is 18.7. The lowest BCUT2D eigenvalue weighted by atomic mass is 9.90. The molecule has 0 saturated heterocycles. The third kappa shape index (κ3) is 5.01. The topological polar surface area (TPSA) is 98.1 Å². The molecule has 8 heteroatoms. The third-order valence-electron chi connectivity index (χ3n) is 5.64. The Kier molecular flexibility index (Phi) is 7.35. The van der Waals surface area contributed by atoms with Crippen LogP contribution in [0.25, 0.3) is 11.0 Å². The zero-order chi connectivity index (χ0) is 23.3. The van der Waals surface area contributed by atoms with Gasteiger partial charge in [0.15, 0.2) is 0 Å². The van der Waals surface area contributed by atoms with E-state index in [9.17, 15) is 14.4 Å². The fourth-order valence-electron chi connectivity index (χ4n) is 3.91. The Morgan fingerprint density at radius 3 is 2.66 bits per heavy atom. The Morgan fingerprint density at radius 2 is 1.94 bits per heavy atom. The lowest BCUT2D eigenvalue weighted by molar-refractivity contribution is -0.140. The number of hydrogen-bond acceptors (Lipinski definition) is 7. The van der Waals surface area contributed by atoms with Crippen molar-refractivity contribution in [2.75, 3.05) is 26.2 Å². The fourth-order valence-corrected chi connectivity index (χ4v) is 3.91. The van der Waals surface area contributed by atoms with Gasteiger partial charge in [0.1, 0.15) is 11.3 Å². The van der Waals surface area contributed by atoms with Gasteiger partial charge in [0.05, 0.1) is 31.6 Å². The van der Waals surface area contributed by atoms with Gasteiger partial charge in [0.2, 0.25) is 5.91 Å². The standard InChI is InChI=1S/C24H28N2O6/c1-15-17(26(2)18-14-23(29)32-19-9-6-5-8-16(18)19)12-13-20(30-3)24(15)25-21(27)10-7-11-22(28)31-4/h5-6,8-9,12-15,17H,7,10-11H2,1-4H3,(H,25,27). The van der Waals surface area contributed by atoms with E-state index in [4.69, 9.17) is 9.15 Å². The second-order valence-corrected chi connectivity index (χ2v) is 7.66. The predicted octanol–water partition coefficient (Wildman–Crippen LogP) is 3.12. The number of nitrogens with one attached hydrogen (secondary N) is 1. The van der Waals surface area contributed by atoms with Gasteiger partial charge in [-0.25, -0.2) is 4.79 Å². The molecule has 0 spiro atoms. The smallest absolute Gasteiger partial charge is 0.338 e. The number of rotatable bonds is 8. The SMILES string of the molecule is COC(=O)CCCC(=O)NC1=C(OC)C=CC(N(C)c2cc(=O)oc3ccccc23)C1C. The second kappa shape index (κ2) is 10.2. The Hall–Kier alpha value is -3.55. The Balaban J connectivity index is 1.81. The number of benzene rings is 1. The highest BCUT2D eigenvalue weighted by atomic mass is 16.5. The quantitative estimate of drug-likeness (QED) is 0.497. The maximum absolute atomic E-state index is 12.5. The summed E-state index contributed by atoms with van der Waals surface area (Å²) in [7, 11) is 4.78. The number of ether oxygens (including phenoxy) is 2. The summed E-state index contributed by atoms with van der Waals surface area (Å²) in [5, 5.41) is 3.78. The van der Waals surface area contributed by atoms with Gasteiger partial charge in [0.25, 0.3) is 0 Å². The first-order valence-electron chi connectivity index (χ1n) is 10.4. The predicted molar refractivity (Wildman–Crippen MR) is 121 cm³/mol. The first-order chi connectivity index (χ1) is 15.3. The van der Waals surface area contributed by atoms with E-state index < -0.39 is 5.63 Å². The van der Waals surface area contributed by atoms with Crippen molar-refractivity contribution < 1.29 is 23.5 Å². The number of para-hydroxylation sites is 1. The number of nitrogens with zero attached hydrogens (tertiary/aromatic N) is 1. The number of hydrogen-bond donors (Lipinski definition) is 1. The summed E-state index contributed by atoms with van der Waals surface area (Å²) in [4.78, 5) is 37.9. The molecule has 8 nitrogen and oxygen atoms in total. The van der Waals surface area contributed by atoms with Crippen LogP contribution in [0, 0.1) is 5.92 Å². The van der Waals surface area contributed by atoms with Crippen LogP contribution >= 0.6 is 0 Å². The van der Waals surface area contributed by atoms with Gasteiger partial charge in [-0.1, -0.05) is 25.1 Å². The van der Waals surface area contributed by atoms with E-state index >= 15 is 0 Å². The molecule has 32 heavy (non-hydrogen) atoms. The van der Waals surface area contributed by atoms with Gasteiger partial charge >= 0.3 is 11.6 Å². The van der Waals surface area contributed by atoms with Crippen molar-refractivity contribution in [3.8, 4) is 0 Å². The fraction of sp³-hybridized carbons (Fsp3) is 0.375. The van der Waals surface area contributed by atoms with Crippen molar-refractivity contribution in [1.82, 2.24) is 5.32 Å². The van der Waals surface area contributed by atoms with Crippen molar-refractivity contribution in [2.24, 2.45) is 5.92 Å². The van der Waals surface area contributed by atoms with Crippen molar-refractivity contribution in [3.63, 3.8) is 0 Å². The van der Waals surface area contributed by atoms with Crippen LogP contribution in [0.1, 0.15) is 26.2 Å². The van der Waals surface area contributed by atoms with Crippen LogP contribution in [0.3, 0.4) is 0 Å². The third-order valence-corrected chi connectivity index (χ3v) is 5.64. The molecule has 0 saturated carbocycles. The molecule has 2 unspecified atom stereocenters. The van der Waals surface area contributed by atoms with Gasteiger partial charge < -0.3 is 24.1 Å². The number of esters is 1. The molecule has 1 aliphatic rings. The molecule has 1 heterocycles. The minimum Gasteiger partial charge on any atom is -0.495 e. The molecule has 170 valence electrons. The number of amides is 1. The highest BCUT2D eigenvalue weighted by Crippen LogP contribution is 2.32. The van der Waals surface area contributed by atoms with E-state index in [1.165, 1.54) is 13.2 Å². The second-order valence-electron chi connectivity index (χ2n) is 7.66. The lowest BCUT2D eigenvalue weighted by Gasteiger charge is -2.36. The van der Waals surface area contributed by atoms with Crippen molar-refractivity contribution >= 4 is 28.5 Å². The molecular weight excluding hydrogens is 412 g/mol. The first kappa shape index (κ1) is 23.1. The number of methoxy groups -OCH3 is 2. The molecule has 0 aliphatic heterocycles. The summed E-state index contributed by atoms with van der Waals surface area (Å²) in [6.45, 7) is 1.99. The molecule has 0 bridgehead atoms. The first-order valence-corrected chi connectivity index (χ1v) is 10.4. The monoisotopic (exact) mass is 440 g/mol. The zero-order valence-corrected chi connectivity index (χ0v) is 18.7. The number of carbonyl (C=O) groups excluding carboxylic acids is 2. The van der Waals surface area contributed by atoms with Crippen LogP contribution in [0.15, 0.2) is 63.2 Å². The van der Waals surface area contributed by atoms with E-state index in [0.29, 0.717) is 23.5 Å². The van der Waals surface area contributed by atoms with Crippen molar-refractivity contribution in [1.29, 1.82) is 0 Å². The Bertz CT molecular complexity index is 1120. The summed E-state index contributed by atoms with van der Waals surface area (Å²) in [6, 6.07) is 8.70. The molecule has 1 aliphatic carbocycles. The van der Waals surface area contributed by atoms with Crippen LogP contribution in [-0.2, 0) is 19.1 Å². The van der Waals surface area contributed by atoms with Crippen LogP contribution in [0.5, 0.6) is 0 Å². The number of anilines is 1.